The first kappa shape index (κ1) is 18.3. The van der Waals surface area contributed by atoms with Crippen molar-refractivity contribution in [1.29, 1.82) is 0 Å². The standard InChI is InChI=1S/C18H18O7/c1-10-13(16(22)18(24-3)17(23-2)15(10)21)8-11-4-6-12(7-5-11)25-9-14(19)20/h4-7H,8-9H2,1-3H3,(H,19,20). The molecular formula is C18H18O7. The van der Waals surface area contributed by atoms with E-state index in [1.807, 2.05) is 0 Å². The van der Waals surface area contributed by atoms with Gasteiger partial charge in [0.15, 0.2) is 6.61 Å². The van der Waals surface area contributed by atoms with E-state index in [-0.39, 0.29) is 29.5 Å². The number of carboxylic acid groups (broad SMARTS) is 1. The van der Waals surface area contributed by atoms with Crippen LogP contribution in [0.15, 0.2) is 46.9 Å². The summed E-state index contributed by atoms with van der Waals surface area (Å²) in [5.41, 5.74) is 1.42. The number of allylic oxidation sites excluding steroid dienone is 2. The molecule has 0 amide bonds. The second kappa shape index (κ2) is 7.65. The molecule has 25 heavy (non-hydrogen) atoms. The normalized spacial score (nSPS) is 14.7. The third kappa shape index (κ3) is 3.88. The molecule has 1 aromatic rings. The molecule has 7 heteroatoms. The number of ketones is 2. The number of Topliss-reactive ketones (excluding diaryl/α,β-unsaturated/α-hetero) is 2. The molecule has 0 saturated carbocycles. The first-order valence-corrected chi connectivity index (χ1v) is 7.44. The molecule has 0 bridgehead atoms. The lowest BCUT2D eigenvalue weighted by molar-refractivity contribution is -0.139. The summed E-state index contributed by atoms with van der Waals surface area (Å²) < 4.78 is 15.1. The topological polar surface area (TPSA) is 99.1 Å². The fourth-order valence-electron chi connectivity index (χ4n) is 2.46. The molecule has 7 nitrogen and oxygen atoms in total. The quantitative estimate of drug-likeness (QED) is 0.750. The van der Waals surface area contributed by atoms with Gasteiger partial charge in [0.05, 0.1) is 14.2 Å². The number of carbonyl (C=O) groups excluding carboxylic acids is 2. The van der Waals surface area contributed by atoms with Gasteiger partial charge in [0.2, 0.25) is 23.1 Å². The van der Waals surface area contributed by atoms with E-state index in [9.17, 15) is 14.4 Å². The molecule has 0 fully saturated rings. The van der Waals surface area contributed by atoms with E-state index < -0.39 is 12.6 Å². The van der Waals surface area contributed by atoms with E-state index in [2.05, 4.69) is 0 Å². The lowest BCUT2D eigenvalue weighted by Crippen LogP contribution is -2.26. The number of hydrogen-bond donors (Lipinski definition) is 1. The monoisotopic (exact) mass is 346 g/mol. The Balaban J connectivity index is 2.22. The predicted octanol–water partition coefficient (Wildman–Crippen LogP) is 1.67. The fraction of sp³-hybridized carbons (Fsp3) is 0.278. The molecule has 0 radical (unpaired) electrons. The molecule has 1 N–H and O–H groups in total. The lowest BCUT2D eigenvalue weighted by atomic mass is 9.89. The Labute approximate surface area is 144 Å². The number of rotatable bonds is 7. The molecule has 1 aliphatic rings. The zero-order chi connectivity index (χ0) is 18.6. The van der Waals surface area contributed by atoms with Gasteiger partial charge in [0, 0.05) is 17.6 Å². The van der Waals surface area contributed by atoms with Crippen LogP contribution in [0, 0.1) is 0 Å². The largest absolute Gasteiger partial charge is 0.489 e. The van der Waals surface area contributed by atoms with Gasteiger partial charge in [0.25, 0.3) is 0 Å². The van der Waals surface area contributed by atoms with Crippen molar-refractivity contribution in [1.82, 2.24) is 0 Å². The molecule has 0 saturated heterocycles. The first-order chi connectivity index (χ1) is 11.9. The van der Waals surface area contributed by atoms with Crippen molar-refractivity contribution in [3.8, 4) is 5.75 Å². The summed E-state index contributed by atoms with van der Waals surface area (Å²) in [5, 5.41) is 8.59. The molecule has 132 valence electrons. The van der Waals surface area contributed by atoms with Crippen LogP contribution in [0.5, 0.6) is 5.75 Å². The van der Waals surface area contributed by atoms with Gasteiger partial charge in [-0.25, -0.2) is 4.79 Å². The highest BCUT2D eigenvalue weighted by Gasteiger charge is 2.34. The van der Waals surface area contributed by atoms with Crippen LogP contribution in [0.2, 0.25) is 0 Å². The number of hydrogen-bond acceptors (Lipinski definition) is 6. The van der Waals surface area contributed by atoms with Crippen LogP contribution in [0.4, 0.5) is 0 Å². The number of methoxy groups -OCH3 is 2. The smallest absolute Gasteiger partial charge is 0.341 e. The molecule has 0 atom stereocenters. The highest BCUT2D eigenvalue weighted by Crippen LogP contribution is 2.28. The van der Waals surface area contributed by atoms with Crippen LogP contribution in [-0.2, 0) is 30.3 Å². The van der Waals surface area contributed by atoms with Crippen molar-refractivity contribution in [2.45, 2.75) is 13.3 Å². The second-order valence-corrected chi connectivity index (χ2v) is 5.33. The van der Waals surface area contributed by atoms with Gasteiger partial charge in [-0.2, -0.15) is 0 Å². The van der Waals surface area contributed by atoms with Crippen molar-refractivity contribution >= 4 is 17.5 Å². The summed E-state index contributed by atoms with van der Waals surface area (Å²) in [7, 11) is 2.63. The number of aliphatic carboxylic acids is 1. The van der Waals surface area contributed by atoms with E-state index in [4.69, 9.17) is 19.3 Å². The van der Waals surface area contributed by atoms with E-state index >= 15 is 0 Å². The van der Waals surface area contributed by atoms with Gasteiger partial charge in [-0.05, 0) is 24.6 Å². The van der Waals surface area contributed by atoms with Gasteiger partial charge in [-0.15, -0.1) is 0 Å². The molecule has 0 spiro atoms. The van der Waals surface area contributed by atoms with E-state index in [0.29, 0.717) is 16.9 Å². The highest BCUT2D eigenvalue weighted by molar-refractivity contribution is 6.23. The Morgan fingerprint density at radius 1 is 1.00 bits per heavy atom. The molecule has 0 aromatic heterocycles. The summed E-state index contributed by atoms with van der Waals surface area (Å²) >= 11 is 0. The number of ether oxygens (including phenoxy) is 3. The van der Waals surface area contributed by atoms with Crippen molar-refractivity contribution in [2.75, 3.05) is 20.8 Å². The Morgan fingerprint density at radius 3 is 2.08 bits per heavy atom. The summed E-state index contributed by atoms with van der Waals surface area (Å²) in [6.45, 7) is 1.14. The number of carboxylic acids is 1. The second-order valence-electron chi connectivity index (χ2n) is 5.33. The van der Waals surface area contributed by atoms with Crippen LogP contribution >= 0.6 is 0 Å². The van der Waals surface area contributed by atoms with Crippen LogP contribution in [-0.4, -0.2) is 43.5 Å². The minimum absolute atomic E-state index is 0.0915. The highest BCUT2D eigenvalue weighted by atomic mass is 16.5. The summed E-state index contributed by atoms with van der Waals surface area (Å²) in [5.74, 6) is -1.62. The Kier molecular flexibility index (Phi) is 5.59. The molecule has 1 aliphatic carbocycles. The fourth-order valence-corrected chi connectivity index (χ4v) is 2.46. The maximum Gasteiger partial charge on any atom is 0.341 e. The van der Waals surface area contributed by atoms with Gasteiger partial charge >= 0.3 is 5.97 Å². The summed E-state index contributed by atoms with van der Waals surface area (Å²) in [6, 6.07) is 6.63. The number of benzene rings is 1. The van der Waals surface area contributed by atoms with E-state index in [1.54, 1.807) is 31.2 Å². The Hall–Kier alpha value is -3.09. The van der Waals surface area contributed by atoms with Crippen LogP contribution in [0.3, 0.4) is 0 Å². The average Bonchev–Trinajstić information content (AvgIpc) is 2.60. The zero-order valence-electron chi connectivity index (χ0n) is 14.1. The van der Waals surface area contributed by atoms with Crippen LogP contribution < -0.4 is 4.74 Å². The Bertz CT molecular complexity index is 769. The van der Waals surface area contributed by atoms with Gasteiger partial charge in [0.1, 0.15) is 5.75 Å². The third-order valence-electron chi connectivity index (χ3n) is 3.76. The van der Waals surface area contributed by atoms with Gasteiger partial charge in [-0.3, -0.25) is 9.59 Å². The summed E-state index contributed by atoms with van der Waals surface area (Å²) in [4.78, 5) is 35.4. The predicted molar refractivity (Wildman–Crippen MR) is 87.0 cm³/mol. The van der Waals surface area contributed by atoms with Gasteiger partial charge in [-0.1, -0.05) is 12.1 Å². The van der Waals surface area contributed by atoms with E-state index in [1.165, 1.54) is 14.2 Å². The molecule has 1 aromatic carbocycles. The number of carbonyl (C=O) groups is 3. The van der Waals surface area contributed by atoms with Crippen LogP contribution in [0.1, 0.15) is 12.5 Å². The molecule has 0 unspecified atom stereocenters. The maximum atomic E-state index is 12.6. The third-order valence-corrected chi connectivity index (χ3v) is 3.76. The Morgan fingerprint density at radius 2 is 1.56 bits per heavy atom. The van der Waals surface area contributed by atoms with Crippen molar-refractivity contribution in [2.24, 2.45) is 0 Å². The molecule has 2 rings (SSSR count). The van der Waals surface area contributed by atoms with E-state index in [0.717, 1.165) is 5.56 Å². The molecular weight excluding hydrogens is 328 g/mol. The van der Waals surface area contributed by atoms with Gasteiger partial charge < -0.3 is 19.3 Å². The lowest BCUT2D eigenvalue weighted by Gasteiger charge is -2.20. The van der Waals surface area contributed by atoms with Crippen molar-refractivity contribution < 1.29 is 33.7 Å². The summed E-state index contributed by atoms with van der Waals surface area (Å²) in [6.07, 6.45) is 0.236. The SMILES string of the molecule is COC1=C(OC)C(=O)C(Cc2ccc(OCC(=O)O)cc2)=C(C)C1=O. The molecule has 0 aliphatic heterocycles. The molecule has 0 heterocycles. The van der Waals surface area contributed by atoms with Crippen molar-refractivity contribution in [3.05, 3.63) is 52.5 Å². The maximum absolute atomic E-state index is 12.6. The minimum Gasteiger partial charge on any atom is -0.489 e. The minimum atomic E-state index is -1.07. The average molecular weight is 346 g/mol. The first-order valence-electron chi connectivity index (χ1n) is 7.44. The van der Waals surface area contributed by atoms with Crippen molar-refractivity contribution in [3.63, 3.8) is 0 Å². The zero-order valence-corrected chi connectivity index (χ0v) is 14.1. The van der Waals surface area contributed by atoms with Crippen LogP contribution in [0.25, 0.3) is 0 Å².